The Morgan fingerprint density at radius 2 is 1.00 bits per heavy atom. The van der Waals surface area contributed by atoms with Crippen molar-refractivity contribution in [3.63, 3.8) is 0 Å². The number of halogens is 3. The van der Waals surface area contributed by atoms with Crippen molar-refractivity contribution in [2.24, 2.45) is 23.7 Å². The summed E-state index contributed by atoms with van der Waals surface area (Å²) < 4.78 is 6.95. The summed E-state index contributed by atoms with van der Waals surface area (Å²) >= 11 is 11.7. The average Bonchev–Trinajstić information content (AvgIpc) is 3.94. The third-order valence-corrected chi connectivity index (χ3v) is 19.2. The maximum absolute atomic E-state index is 11.0. The van der Waals surface area contributed by atoms with Crippen LogP contribution in [0.1, 0.15) is 40.0 Å². The molecule has 2 aliphatic carbocycles. The first-order valence-electron chi connectivity index (χ1n) is 14.2. The molecule has 0 radical (unpaired) electrons. The number of hydrogen-bond donors (Lipinski definition) is 0. The number of carbonyl (C=O) groups excluding carboxylic acids is 2. The van der Waals surface area contributed by atoms with E-state index in [4.69, 9.17) is 9.47 Å². The summed E-state index contributed by atoms with van der Waals surface area (Å²) in [6.45, 7) is 6.82. The molecule has 5 rings (SSSR count). The van der Waals surface area contributed by atoms with Gasteiger partial charge in [-0.15, -0.1) is 0 Å². The van der Waals surface area contributed by atoms with Crippen molar-refractivity contribution in [2.75, 3.05) is 18.5 Å². The quantitative estimate of drug-likeness (QED) is 0.125. The predicted molar refractivity (Wildman–Crippen MR) is 184 cm³/mol. The standard InChI is InChI=1S/C18H15Br2P.C8H14O2.C7H11BrO2/c19-21(20,16-10-4-1-5-11-16,17-12-6-2-7-13-17)18-14-8-3-9-15-18;1-3-6-5-7(6)8(9)10-4-2;1-2-10-7(9)6-3-5(6)4-8/h1-15H;6-7H,3-5H2,1-2H3;5-6H,2-4H2,1H3/t;6-,7?;5-,6?/m.10/s1. The van der Waals surface area contributed by atoms with E-state index >= 15 is 0 Å². The molecule has 3 aromatic rings. The molecule has 0 spiro atoms. The van der Waals surface area contributed by atoms with Gasteiger partial charge in [0.1, 0.15) is 0 Å². The minimum atomic E-state index is -2.75. The van der Waals surface area contributed by atoms with Crippen LogP contribution >= 0.6 is 50.9 Å². The van der Waals surface area contributed by atoms with Crippen molar-refractivity contribution in [3.8, 4) is 0 Å². The van der Waals surface area contributed by atoms with E-state index in [1.165, 1.54) is 15.9 Å². The Balaban J connectivity index is 0.000000193. The second-order valence-electron chi connectivity index (χ2n) is 10.2. The molecule has 4 nitrogen and oxygen atoms in total. The fraction of sp³-hybridized carbons (Fsp3) is 0.394. The summed E-state index contributed by atoms with van der Waals surface area (Å²) in [5, 5.41) is 4.72. The van der Waals surface area contributed by atoms with Gasteiger partial charge >= 0.3 is 154 Å². The van der Waals surface area contributed by atoms with Crippen molar-refractivity contribution in [1.29, 1.82) is 0 Å². The van der Waals surface area contributed by atoms with Crippen molar-refractivity contribution >= 4 is 78.8 Å². The molecule has 0 aromatic heterocycles. The van der Waals surface area contributed by atoms with E-state index in [-0.39, 0.29) is 23.8 Å². The Labute approximate surface area is 269 Å². The Bertz CT molecular complexity index is 1110. The molecular weight excluding hydrogens is 731 g/mol. The largest absolute Gasteiger partial charge is 0.466 e. The van der Waals surface area contributed by atoms with Crippen molar-refractivity contribution in [2.45, 2.75) is 40.0 Å². The van der Waals surface area contributed by atoms with E-state index in [2.05, 4.69) is 145 Å². The number of esters is 2. The topological polar surface area (TPSA) is 52.6 Å². The van der Waals surface area contributed by atoms with Crippen molar-refractivity contribution in [3.05, 3.63) is 91.0 Å². The summed E-state index contributed by atoms with van der Waals surface area (Å²) in [4.78, 5) is 21.9. The van der Waals surface area contributed by atoms with Crippen LogP contribution < -0.4 is 15.9 Å². The Morgan fingerprint density at radius 1 is 0.659 bits per heavy atom. The Kier molecular flexibility index (Phi) is 13.1. The number of hydrogen-bond acceptors (Lipinski definition) is 4. The van der Waals surface area contributed by atoms with Crippen LogP contribution in [0.3, 0.4) is 0 Å². The number of rotatable bonds is 9. The van der Waals surface area contributed by atoms with Gasteiger partial charge < -0.3 is 9.47 Å². The summed E-state index contributed by atoms with van der Waals surface area (Å²) in [5.41, 5.74) is 0. The van der Waals surface area contributed by atoms with E-state index < -0.39 is 4.01 Å². The Morgan fingerprint density at radius 3 is 1.27 bits per heavy atom. The molecular formula is C33H40Br3O4P. The van der Waals surface area contributed by atoms with Gasteiger partial charge in [0.2, 0.25) is 0 Å². The maximum Gasteiger partial charge on any atom is 0.309 e. The second-order valence-corrected chi connectivity index (χ2v) is 25.6. The predicted octanol–water partition coefficient (Wildman–Crippen LogP) is 8.31. The van der Waals surface area contributed by atoms with Crippen LogP contribution in [0.4, 0.5) is 0 Å². The third kappa shape index (κ3) is 8.75. The number of carbonyl (C=O) groups is 2. The maximum atomic E-state index is 11.0. The molecule has 41 heavy (non-hydrogen) atoms. The normalized spacial score (nSPS) is 21.4. The van der Waals surface area contributed by atoms with Crippen molar-refractivity contribution < 1.29 is 19.1 Å². The third-order valence-electron chi connectivity index (χ3n) is 7.38. The van der Waals surface area contributed by atoms with Gasteiger partial charge in [-0.25, -0.2) is 0 Å². The van der Waals surface area contributed by atoms with Crippen LogP contribution in [-0.2, 0) is 19.1 Å². The summed E-state index contributed by atoms with van der Waals surface area (Å²) in [6.07, 6.45) is 3.17. The molecule has 4 atom stereocenters. The first kappa shape index (κ1) is 34.0. The van der Waals surface area contributed by atoms with Crippen molar-refractivity contribution in [1.82, 2.24) is 0 Å². The second kappa shape index (κ2) is 15.8. The monoisotopic (exact) mass is 768 g/mol. The molecule has 222 valence electrons. The zero-order valence-corrected chi connectivity index (χ0v) is 29.6. The molecule has 2 saturated carbocycles. The zero-order valence-electron chi connectivity index (χ0n) is 23.9. The minimum absolute atomic E-state index is 0.00866. The summed E-state index contributed by atoms with van der Waals surface area (Å²) in [5.74, 6) is 1.59. The molecule has 0 aliphatic heterocycles. The van der Waals surface area contributed by atoms with E-state index in [1.54, 1.807) is 0 Å². The molecule has 0 N–H and O–H groups in total. The molecule has 0 bridgehead atoms. The van der Waals surface area contributed by atoms with Gasteiger partial charge in [-0.2, -0.15) is 0 Å². The van der Waals surface area contributed by atoms with E-state index in [0.29, 0.717) is 25.0 Å². The van der Waals surface area contributed by atoms with Crippen LogP contribution in [0.5, 0.6) is 0 Å². The van der Waals surface area contributed by atoms with E-state index in [1.807, 2.05) is 13.8 Å². The summed E-state index contributed by atoms with van der Waals surface area (Å²) in [7, 11) is 0. The molecule has 2 unspecified atom stereocenters. The molecule has 0 saturated heterocycles. The molecule has 0 amide bonds. The number of benzene rings is 3. The van der Waals surface area contributed by atoms with Gasteiger partial charge in [0.25, 0.3) is 0 Å². The van der Waals surface area contributed by atoms with Crippen LogP contribution in [0.15, 0.2) is 91.0 Å². The van der Waals surface area contributed by atoms with E-state index in [9.17, 15) is 9.59 Å². The fourth-order valence-electron chi connectivity index (χ4n) is 4.71. The minimum Gasteiger partial charge on any atom is -0.466 e. The van der Waals surface area contributed by atoms with Gasteiger partial charge in [-0.3, -0.25) is 9.59 Å². The SMILES string of the molecule is BrP(Br)(c1ccccc1)(c1ccccc1)c1ccccc1.CCOC(=O)C1C[C@H]1CBr.CCOC(=O)C1C[C@H]1CC. The van der Waals surface area contributed by atoms with Gasteiger partial charge in [0, 0.05) is 5.33 Å². The molecule has 0 heterocycles. The van der Waals surface area contributed by atoms with Gasteiger partial charge in [-0.1, -0.05) is 29.3 Å². The van der Waals surface area contributed by atoms with Crippen LogP contribution in [-0.4, -0.2) is 30.5 Å². The smallest absolute Gasteiger partial charge is 0.309 e. The van der Waals surface area contributed by atoms with Gasteiger partial charge in [0.05, 0.1) is 25.0 Å². The van der Waals surface area contributed by atoms with Crippen LogP contribution in [0, 0.1) is 23.7 Å². The van der Waals surface area contributed by atoms with Crippen LogP contribution in [0.25, 0.3) is 0 Å². The summed E-state index contributed by atoms with van der Waals surface area (Å²) in [6, 6.07) is 31.8. The molecule has 3 aromatic carbocycles. The number of ether oxygens (including phenoxy) is 2. The van der Waals surface area contributed by atoms with Gasteiger partial charge in [0.15, 0.2) is 0 Å². The first-order chi connectivity index (χ1) is 19.7. The fourth-order valence-corrected chi connectivity index (χ4v) is 12.7. The zero-order chi connectivity index (χ0) is 29.9. The average molecular weight is 771 g/mol. The van der Waals surface area contributed by atoms with E-state index in [0.717, 1.165) is 24.6 Å². The molecule has 2 fully saturated rings. The number of alkyl halides is 1. The molecule has 2 aliphatic rings. The van der Waals surface area contributed by atoms with Crippen LogP contribution in [0.2, 0.25) is 0 Å². The Hall–Kier alpha value is -1.53. The van der Waals surface area contributed by atoms with Gasteiger partial charge in [-0.05, 0) is 38.5 Å². The first-order valence-corrected chi connectivity index (χ1v) is 21.6. The molecule has 8 heteroatoms.